The summed E-state index contributed by atoms with van der Waals surface area (Å²) in [5.41, 5.74) is 0. The third kappa shape index (κ3) is 44.8. The van der Waals surface area contributed by atoms with Crippen molar-refractivity contribution >= 4 is 17.9 Å². The second-order valence-electron chi connectivity index (χ2n) is 16.7. The van der Waals surface area contributed by atoms with Gasteiger partial charge in [0.1, 0.15) is 13.2 Å². The number of carbonyl (C=O) groups excluding carboxylic acids is 3. The Morgan fingerprint density at radius 2 is 0.579 bits per heavy atom. The number of hydrogen-bond acceptors (Lipinski definition) is 6. The van der Waals surface area contributed by atoms with Crippen molar-refractivity contribution in [3.63, 3.8) is 0 Å². The van der Waals surface area contributed by atoms with Crippen LogP contribution in [0.1, 0.15) is 265 Å². The molecule has 0 bridgehead atoms. The monoisotopic (exact) mass is 803 g/mol. The van der Waals surface area contributed by atoms with Crippen LogP contribution in [0.2, 0.25) is 0 Å². The van der Waals surface area contributed by atoms with Gasteiger partial charge in [0.05, 0.1) is 0 Å². The number of hydrogen-bond donors (Lipinski definition) is 0. The molecule has 0 amide bonds. The zero-order valence-electron chi connectivity index (χ0n) is 38.1. The van der Waals surface area contributed by atoms with Crippen molar-refractivity contribution in [3.05, 3.63) is 24.3 Å². The summed E-state index contributed by atoms with van der Waals surface area (Å²) in [4.78, 5) is 37.8. The first-order valence-corrected chi connectivity index (χ1v) is 24.8. The van der Waals surface area contributed by atoms with Crippen molar-refractivity contribution in [2.24, 2.45) is 0 Å². The van der Waals surface area contributed by atoms with E-state index in [2.05, 4.69) is 45.1 Å². The second-order valence-corrected chi connectivity index (χ2v) is 16.7. The quantitative estimate of drug-likeness (QED) is 0.0264. The summed E-state index contributed by atoms with van der Waals surface area (Å²) >= 11 is 0. The van der Waals surface area contributed by atoms with Crippen LogP contribution in [-0.4, -0.2) is 37.2 Å². The Morgan fingerprint density at radius 1 is 0.333 bits per heavy atom. The van der Waals surface area contributed by atoms with Crippen LogP contribution >= 0.6 is 0 Å². The lowest BCUT2D eigenvalue weighted by molar-refractivity contribution is -0.167. The van der Waals surface area contributed by atoms with E-state index in [1.54, 1.807) is 0 Å². The minimum atomic E-state index is -0.771. The molecule has 6 heteroatoms. The van der Waals surface area contributed by atoms with Crippen LogP contribution in [0.4, 0.5) is 0 Å². The normalized spacial score (nSPS) is 12.1. The summed E-state index contributed by atoms with van der Waals surface area (Å²) in [5, 5.41) is 0. The molecule has 0 aromatic heterocycles. The number of unbranched alkanes of at least 4 members (excludes halogenated alkanes) is 30. The Bertz CT molecular complexity index is 927. The van der Waals surface area contributed by atoms with Crippen LogP contribution in [0.5, 0.6) is 0 Å². The predicted molar refractivity (Wildman–Crippen MR) is 243 cm³/mol. The summed E-state index contributed by atoms with van der Waals surface area (Å²) < 4.78 is 16.8. The van der Waals surface area contributed by atoms with Gasteiger partial charge in [-0.1, -0.05) is 199 Å². The largest absolute Gasteiger partial charge is 0.462 e. The van der Waals surface area contributed by atoms with E-state index in [0.29, 0.717) is 19.3 Å². The van der Waals surface area contributed by atoms with Gasteiger partial charge in [0.2, 0.25) is 0 Å². The highest BCUT2D eigenvalue weighted by Gasteiger charge is 2.19. The molecular formula is C51H94O6. The van der Waals surface area contributed by atoms with Crippen molar-refractivity contribution in [1.29, 1.82) is 0 Å². The fourth-order valence-corrected chi connectivity index (χ4v) is 7.14. The number of allylic oxidation sites excluding steroid dienone is 4. The van der Waals surface area contributed by atoms with Crippen molar-refractivity contribution < 1.29 is 28.6 Å². The summed E-state index contributed by atoms with van der Waals surface area (Å²) in [6.07, 6.45) is 51.5. The summed E-state index contributed by atoms with van der Waals surface area (Å²) in [6.45, 7) is 6.60. The Balaban J connectivity index is 4.37. The van der Waals surface area contributed by atoms with Gasteiger partial charge in [0.25, 0.3) is 0 Å². The second kappa shape index (κ2) is 46.6. The topological polar surface area (TPSA) is 78.9 Å². The van der Waals surface area contributed by atoms with Crippen LogP contribution in [0.3, 0.4) is 0 Å². The van der Waals surface area contributed by atoms with Crippen molar-refractivity contribution in [2.75, 3.05) is 13.2 Å². The zero-order chi connectivity index (χ0) is 41.5. The zero-order valence-corrected chi connectivity index (χ0v) is 38.1. The molecule has 334 valence electrons. The van der Waals surface area contributed by atoms with Crippen LogP contribution in [0.25, 0.3) is 0 Å². The molecule has 0 aliphatic rings. The van der Waals surface area contributed by atoms with E-state index in [1.165, 1.54) is 154 Å². The van der Waals surface area contributed by atoms with E-state index in [-0.39, 0.29) is 31.1 Å². The molecular weight excluding hydrogens is 709 g/mol. The fraction of sp³-hybridized carbons (Fsp3) is 0.863. The van der Waals surface area contributed by atoms with Crippen molar-refractivity contribution in [2.45, 2.75) is 271 Å². The Labute approximate surface area is 353 Å². The van der Waals surface area contributed by atoms with Gasteiger partial charge in [-0.3, -0.25) is 14.4 Å². The summed E-state index contributed by atoms with van der Waals surface area (Å²) in [7, 11) is 0. The lowest BCUT2D eigenvalue weighted by Crippen LogP contribution is -2.30. The highest BCUT2D eigenvalue weighted by atomic mass is 16.6. The molecule has 0 aromatic carbocycles. The number of ether oxygens (including phenoxy) is 3. The SMILES string of the molecule is CCCCC/C=C\CCCCCCCC(=O)OC[C@H](COC(=O)CCCCCCC/C=C\CCCCCCC)OC(=O)CCCCCCCCCCCCCCC. The molecule has 0 aliphatic heterocycles. The van der Waals surface area contributed by atoms with Gasteiger partial charge in [-0.25, -0.2) is 0 Å². The molecule has 0 fully saturated rings. The molecule has 0 unspecified atom stereocenters. The first-order chi connectivity index (χ1) is 28.0. The van der Waals surface area contributed by atoms with E-state index in [4.69, 9.17) is 14.2 Å². The first kappa shape index (κ1) is 54.9. The Morgan fingerprint density at radius 3 is 0.912 bits per heavy atom. The molecule has 6 nitrogen and oxygen atoms in total. The van der Waals surface area contributed by atoms with Gasteiger partial charge in [-0.15, -0.1) is 0 Å². The van der Waals surface area contributed by atoms with Crippen molar-refractivity contribution in [1.82, 2.24) is 0 Å². The minimum Gasteiger partial charge on any atom is -0.462 e. The minimum absolute atomic E-state index is 0.0750. The average Bonchev–Trinajstić information content (AvgIpc) is 3.21. The molecule has 57 heavy (non-hydrogen) atoms. The average molecular weight is 803 g/mol. The standard InChI is InChI=1S/C51H94O6/c1-4-7-10-13-16-19-22-25-27-29-32-35-38-41-44-50(53)56-47-48(46-55-49(52)43-40-37-34-31-28-24-21-18-15-12-9-6-3)57-51(54)45-42-39-36-33-30-26-23-20-17-14-11-8-5-2/h18,21-22,25,48H,4-17,19-20,23-24,26-47H2,1-3H3/b21-18-,25-22-/t48-/m1/s1. The molecule has 0 saturated heterocycles. The lowest BCUT2D eigenvalue weighted by atomic mass is 10.0. The number of rotatable bonds is 45. The maximum absolute atomic E-state index is 12.7. The van der Waals surface area contributed by atoms with Crippen LogP contribution < -0.4 is 0 Å². The van der Waals surface area contributed by atoms with Crippen LogP contribution in [-0.2, 0) is 28.6 Å². The van der Waals surface area contributed by atoms with E-state index in [9.17, 15) is 14.4 Å². The highest BCUT2D eigenvalue weighted by Crippen LogP contribution is 2.15. The third-order valence-electron chi connectivity index (χ3n) is 10.9. The lowest BCUT2D eigenvalue weighted by Gasteiger charge is -2.18. The molecule has 0 N–H and O–H groups in total. The maximum Gasteiger partial charge on any atom is 0.306 e. The van der Waals surface area contributed by atoms with Gasteiger partial charge in [0.15, 0.2) is 6.10 Å². The van der Waals surface area contributed by atoms with Gasteiger partial charge >= 0.3 is 17.9 Å². The molecule has 0 aliphatic carbocycles. The molecule has 0 rings (SSSR count). The fourth-order valence-electron chi connectivity index (χ4n) is 7.14. The Hall–Kier alpha value is -2.11. The van der Waals surface area contributed by atoms with Crippen LogP contribution in [0, 0.1) is 0 Å². The van der Waals surface area contributed by atoms with Gasteiger partial charge in [0, 0.05) is 19.3 Å². The number of carbonyl (C=O) groups is 3. The molecule has 0 saturated carbocycles. The van der Waals surface area contributed by atoms with E-state index in [0.717, 1.165) is 70.6 Å². The van der Waals surface area contributed by atoms with Gasteiger partial charge in [-0.05, 0) is 70.6 Å². The maximum atomic E-state index is 12.7. The summed E-state index contributed by atoms with van der Waals surface area (Å²) in [6, 6.07) is 0. The molecule has 0 spiro atoms. The first-order valence-electron chi connectivity index (χ1n) is 24.8. The van der Waals surface area contributed by atoms with E-state index >= 15 is 0 Å². The number of esters is 3. The van der Waals surface area contributed by atoms with Crippen LogP contribution in [0.15, 0.2) is 24.3 Å². The predicted octanol–water partition coefficient (Wildman–Crippen LogP) is 16.0. The van der Waals surface area contributed by atoms with E-state index < -0.39 is 6.10 Å². The van der Waals surface area contributed by atoms with E-state index in [1.807, 2.05) is 0 Å². The molecule has 0 radical (unpaired) electrons. The molecule has 0 heterocycles. The molecule has 0 aromatic rings. The highest BCUT2D eigenvalue weighted by molar-refractivity contribution is 5.71. The summed E-state index contributed by atoms with van der Waals surface area (Å²) in [5.74, 6) is -0.882. The third-order valence-corrected chi connectivity index (χ3v) is 10.9. The van der Waals surface area contributed by atoms with Gasteiger partial charge in [-0.2, -0.15) is 0 Å². The molecule has 1 atom stereocenters. The van der Waals surface area contributed by atoms with Crippen molar-refractivity contribution in [3.8, 4) is 0 Å². The smallest absolute Gasteiger partial charge is 0.306 e. The Kier molecular flexibility index (Phi) is 44.9. The van der Waals surface area contributed by atoms with Gasteiger partial charge < -0.3 is 14.2 Å².